The zero-order valence-electron chi connectivity index (χ0n) is 11.4. The van der Waals surface area contributed by atoms with Crippen molar-refractivity contribution in [2.75, 3.05) is 25.0 Å². The average Bonchev–Trinajstić information content (AvgIpc) is 2.80. The van der Waals surface area contributed by atoms with Crippen molar-refractivity contribution in [3.05, 3.63) is 16.3 Å². The number of hydrogen-bond acceptors (Lipinski definition) is 5. The molecule has 20 heavy (non-hydrogen) atoms. The maximum atomic E-state index is 11.0. The van der Waals surface area contributed by atoms with Crippen LogP contribution in [0.15, 0.2) is 6.20 Å². The molecular formula is C11H17N5O4. The number of carbonyl (C=O) groups is 1. The number of carboxylic acid groups (broad SMARTS) is 1. The lowest BCUT2D eigenvalue weighted by molar-refractivity contribution is -0.384. The van der Waals surface area contributed by atoms with Crippen molar-refractivity contribution in [2.45, 2.75) is 18.9 Å². The molecule has 9 nitrogen and oxygen atoms in total. The van der Waals surface area contributed by atoms with Crippen LogP contribution in [0.1, 0.15) is 12.8 Å². The Morgan fingerprint density at radius 3 is 2.65 bits per heavy atom. The van der Waals surface area contributed by atoms with E-state index in [1.54, 1.807) is 14.1 Å². The molecule has 2 heterocycles. The van der Waals surface area contributed by atoms with Crippen LogP contribution in [0.3, 0.4) is 0 Å². The van der Waals surface area contributed by atoms with Crippen LogP contribution in [0.5, 0.6) is 0 Å². The number of anilines is 1. The van der Waals surface area contributed by atoms with Gasteiger partial charge in [-0.25, -0.2) is 9.48 Å². The molecule has 0 aromatic carbocycles. The molecule has 0 bridgehead atoms. The summed E-state index contributed by atoms with van der Waals surface area (Å²) in [4.78, 5) is 24.6. The first-order valence-electron chi connectivity index (χ1n) is 6.29. The zero-order valence-corrected chi connectivity index (χ0v) is 11.4. The van der Waals surface area contributed by atoms with E-state index in [4.69, 9.17) is 5.11 Å². The van der Waals surface area contributed by atoms with E-state index in [0.717, 1.165) is 0 Å². The molecule has 1 N–H and O–H groups in total. The van der Waals surface area contributed by atoms with Gasteiger partial charge in [-0.3, -0.25) is 10.1 Å². The minimum atomic E-state index is -0.919. The largest absolute Gasteiger partial charge is 0.465 e. The molecule has 1 aromatic heterocycles. The summed E-state index contributed by atoms with van der Waals surface area (Å²) >= 11 is 0. The van der Waals surface area contributed by atoms with Gasteiger partial charge in [-0.2, -0.15) is 5.10 Å². The van der Waals surface area contributed by atoms with Gasteiger partial charge in [0.15, 0.2) is 0 Å². The minimum absolute atomic E-state index is 0.0318. The summed E-state index contributed by atoms with van der Waals surface area (Å²) in [6, 6.07) is 0.0692. The van der Waals surface area contributed by atoms with Crippen molar-refractivity contribution in [1.29, 1.82) is 0 Å². The summed E-state index contributed by atoms with van der Waals surface area (Å²) in [5, 5.41) is 23.8. The van der Waals surface area contributed by atoms with Crippen molar-refractivity contribution in [3.63, 3.8) is 0 Å². The summed E-state index contributed by atoms with van der Waals surface area (Å²) in [5.41, 5.74) is -0.0318. The van der Waals surface area contributed by atoms with Gasteiger partial charge in [0, 0.05) is 33.2 Å². The second-order valence-corrected chi connectivity index (χ2v) is 4.85. The van der Waals surface area contributed by atoms with E-state index < -0.39 is 11.0 Å². The van der Waals surface area contributed by atoms with Crippen LogP contribution in [-0.2, 0) is 7.05 Å². The Balaban J connectivity index is 2.13. The molecule has 0 saturated carbocycles. The highest BCUT2D eigenvalue weighted by Gasteiger charge is 2.30. The first kappa shape index (κ1) is 14.1. The van der Waals surface area contributed by atoms with Crippen LogP contribution in [-0.4, -0.2) is 57.0 Å². The van der Waals surface area contributed by atoms with Crippen molar-refractivity contribution in [3.8, 4) is 0 Å². The zero-order chi connectivity index (χ0) is 14.9. The van der Waals surface area contributed by atoms with Gasteiger partial charge in [-0.1, -0.05) is 0 Å². The molecule has 9 heteroatoms. The molecule has 1 aliphatic heterocycles. The van der Waals surface area contributed by atoms with Crippen molar-refractivity contribution in [1.82, 2.24) is 14.7 Å². The van der Waals surface area contributed by atoms with E-state index in [1.165, 1.54) is 15.8 Å². The number of hydrogen-bond donors (Lipinski definition) is 1. The molecule has 2 rings (SSSR count). The van der Waals surface area contributed by atoms with E-state index in [2.05, 4.69) is 5.10 Å². The number of nitrogens with zero attached hydrogens (tertiary/aromatic N) is 5. The molecule has 1 aromatic rings. The highest BCUT2D eigenvalue weighted by atomic mass is 16.6. The minimum Gasteiger partial charge on any atom is -0.465 e. The third kappa shape index (κ3) is 2.51. The topological polar surface area (TPSA) is 105 Å². The number of rotatable bonds is 3. The number of aryl methyl sites for hydroxylation is 1. The molecule has 0 atom stereocenters. The lowest BCUT2D eigenvalue weighted by Crippen LogP contribution is -2.45. The monoisotopic (exact) mass is 283 g/mol. The predicted molar refractivity (Wildman–Crippen MR) is 70.9 cm³/mol. The molecule has 1 saturated heterocycles. The van der Waals surface area contributed by atoms with Crippen molar-refractivity contribution < 1.29 is 14.8 Å². The van der Waals surface area contributed by atoms with Gasteiger partial charge < -0.3 is 14.9 Å². The molecule has 0 aliphatic carbocycles. The Labute approximate surface area is 115 Å². The van der Waals surface area contributed by atoms with E-state index >= 15 is 0 Å². The Morgan fingerprint density at radius 2 is 2.15 bits per heavy atom. The third-order valence-electron chi connectivity index (χ3n) is 3.70. The second kappa shape index (κ2) is 5.35. The number of nitro groups is 1. The molecule has 1 amide bonds. The van der Waals surface area contributed by atoms with Crippen molar-refractivity contribution in [2.24, 2.45) is 7.05 Å². The van der Waals surface area contributed by atoms with Crippen LogP contribution < -0.4 is 4.90 Å². The predicted octanol–water partition coefficient (Wildman–Crippen LogP) is 0.907. The standard InChI is InChI=1S/C11H17N5O4/c1-13(8-3-5-15(6-4-8)11(17)18)10-9(16(19)20)7-12-14(10)2/h7-8H,3-6H2,1-2H3,(H,17,18). The Morgan fingerprint density at radius 1 is 1.55 bits per heavy atom. The van der Waals surface area contributed by atoms with Crippen LogP contribution in [0.2, 0.25) is 0 Å². The summed E-state index contributed by atoms with van der Waals surface area (Å²) in [6.45, 7) is 0.881. The quantitative estimate of drug-likeness (QED) is 0.653. The maximum absolute atomic E-state index is 11.0. The third-order valence-corrected chi connectivity index (χ3v) is 3.70. The van der Waals surface area contributed by atoms with E-state index in [0.29, 0.717) is 31.7 Å². The van der Waals surface area contributed by atoms with Gasteiger partial charge >= 0.3 is 11.8 Å². The van der Waals surface area contributed by atoms with Gasteiger partial charge in [0.1, 0.15) is 6.20 Å². The summed E-state index contributed by atoms with van der Waals surface area (Å²) < 4.78 is 1.47. The fraction of sp³-hybridized carbons (Fsp3) is 0.636. The van der Waals surface area contributed by atoms with Gasteiger partial charge in [0.2, 0.25) is 5.82 Å². The highest BCUT2D eigenvalue weighted by Crippen LogP contribution is 2.30. The van der Waals surface area contributed by atoms with Crippen LogP contribution >= 0.6 is 0 Å². The fourth-order valence-electron chi connectivity index (χ4n) is 2.57. The summed E-state index contributed by atoms with van der Waals surface area (Å²) in [6.07, 6.45) is 1.60. The smallest absolute Gasteiger partial charge is 0.407 e. The lowest BCUT2D eigenvalue weighted by Gasteiger charge is -2.36. The molecule has 0 spiro atoms. The van der Waals surface area contributed by atoms with Gasteiger partial charge in [0.25, 0.3) is 0 Å². The van der Waals surface area contributed by atoms with Gasteiger partial charge in [-0.15, -0.1) is 0 Å². The van der Waals surface area contributed by atoms with E-state index in [1.807, 2.05) is 4.90 Å². The molecule has 0 radical (unpaired) electrons. The first-order chi connectivity index (χ1) is 9.41. The average molecular weight is 283 g/mol. The first-order valence-corrected chi connectivity index (χ1v) is 6.29. The highest BCUT2D eigenvalue weighted by molar-refractivity contribution is 5.65. The van der Waals surface area contributed by atoms with Crippen LogP contribution in [0, 0.1) is 10.1 Å². The van der Waals surface area contributed by atoms with E-state index in [9.17, 15) is 14.9 Å². The summed E-state index contributed by atoms with van der Waals surface area (Å²) in [7, 11) is 3.44. The van der Waals surface area contributed by atoms with Crippen molar-refractivity contribution >= 4 is 17.6 Å². The molecular weight excluding hydrogens is 266 g/mol. The maximum Gasteiger partial charge on any atom is 0.407 e. The normalized spacial score (nSPS) is 16.2. The molecule has 110 valence electrons. The summed E-state index contributed by atoms with van der Waals surface area (Å²) in [5.74, 6) is 0.448. The molecule has 1 fully saturated rings. The lowest BCUT2D eigenvalue weighted by atomic mass is 10.0. The number of amides is 1. The van der Waals surface area contributed by atoms with Gasteiger partial charge in [-0.05, 0) is 12.8 Å². The Kier molecular flexibility index (Phi) is 3.77. The van der Waals surface area contributed by atoms with E-state index in [-0.39, 0.29) is 11.7 Å². The SMILES string of the molecule is CN(c1c([N+](=O)[O-])cnn1C)C1CCN(C(=O)O)CC1. The number of piperidine rings is 1. The molecule has 1 aliphatic rings. The Bertz CT molecular complexity index is 521. The second-order valence-electron chi connectivity index (χ2n) is 4.85. The Hall–Kier alpha value is -2.32. The van der Waals surface area contributed by atoms with Crippen LogP contribution in [0.25, 0.3) is 0 Å². The van der Waals surface area contributed by atoms with Crippen LogP contribution in [0.4, 0.5) is 16.3 Å². The fourth-order valence-corrected chi connectivity index (χ4v) is 2.57. The molecule has 0 unspecified atom stereocenters. The number of aromatic nitrogens is 2. The number of likely N-dealkylation sites (tertiary alicyclic amines) is 1. The van der Waals surface area contributed by atoms with Gasteiger partial charge in [0.05, 0.1) is 4.92 Å².